The molecule has 11 heteroatoms. The summed E-state index contributed by atoms with van der Waals surface area (Å²) in [6.07, 6.45) is 2.97. The van der Waals surface area contributed by atoms with E-state index >= 15 is 0 Å². The molecule has 2 aromatic rings. The van der Waals surface area contributed by atoms with Gasteiger partial charge in [-0.25, -0.2) is 22.2 Å². The highest BCUT2D eigenvalue weighted by Gasteiger charge is 2.31. The van der Waals surface area contributed by atoms with Gasteiger partial charge in [0.05, 0.1) is 16.7 Å². The van der Waals surface area contributed by atoms with Crippen molar-refractivity contribution in [2.45, 2.75) is 37.1 Å². The lowest BCUT2D eigenvalue weighted by atomic mass is 10.1. The van der Waals surface area contributed by atoms with E-state index < -0.39 is 28.6 Å². The number of sulfone groups is 1. The maximum atomic E-state index is 12.6. The first-order chi connectivity index (χ1) is 13.6. The fourth-order valence-corrected chi connectivity index (χ4v) is 3.85. The second-order valence-corrected chi connectivity index (χ2v) is 8.77. The summed E-state index contributed by atoms with van der Waals surface area (Å²) in [5, 5.41) is 10.1. The van der Waals surface area contributed by atoms with Crippen LogP contribution >= 0.6 is 0 Å². The fraction of sp³-hybridized carbons (Fsp3) is 0.333. The monoisotopic (exact) mass is 424 g/mol. The molecule has 1 aliphatic heterocycles. The second kappa shape index (κ2) is 7.91. The third-order valence-electron chi connectivity index (χ3n) is 4.40. The Morgan fingerprint density at radius 3 is 2.76 bits per heavy atom. The zero-order valence-electron chi connectivity index (χ0n) is 15.9. The van der Waals surface area contributed by atoms with Gasteiger partial charge >= 0.3 is 0 Å². The van der Waals surface area contributed by atoms with Gasteiger partial charge < -0.3 is 10.6 Å². The SMILES string of the molecule is CC1=C(NCc2ccccc2S(C)(=O)=O)NC(N)(c2cnn(CC(F)F)c2)N=C1. The first kappa shape index (κ1) is 20.9. The zero-order chi connectivity index (χ0) is 21.2. The van der Waals surface area contributed by atoms with Crippen molar-refractivity contribution in [1.82, 2.24) is 20.4 Å². The largest absolute Gasteiger partial charge is 0.367 e. The van der Waals surface area contributed by atoms with Crippen LogP contribution in [0.3, 0.4) is 0 Å². The van der Waals surface area contributed by atoms with E-state index in [1.807, 2.05) is 0 Å². The summed E-state index contributed by atoms with van der Waals surface area (Å²) in [7, 11) is -3.37. The zero-order valence-corrected chi connectivity index (χ0v) is 16.7. The number of benzene rings is 1. The normalized spacial score (nSPS) is 19.5. The summed E-state index contributed by atoms with van der Waals surface area (Å²) in [4.78, 5) is 4.51. The van der Waals surface area contributed by atoms with Gasteiger partial charge in [0.15, 0.2) is 9.84 Å². The van der Waals surface area contributed by atoms with Gasteiger partial charge in [-0.15, -0.1) is 0 Å². The van der Waals surface area contributed by atoms with Crippen molar-refractivity contribution in [2.24, 2.45) is 10.7 Å². The van der Waals surface area contributed by atoms with E-state index in [9.17, 15) is 17.2 Å². The quantitative estimate of drug-likeness (QED) is 0.618. The van der Waals surface area contributed by atoms with Crippen molar-refractivity contribution < 1.29 is 17.2 Å². The molecule has 0 amide bonds. The van der Waals surface area contributed by atoms with Crippen molar-refractivity contribution in [1.29, 1.82) is 0 Å². The number of nitrogens with two attached hydrogens (primary N) is 1. The Bertz CT molecular complexity index is 1060. The molecule has 0 radical (unpaired) electrons. The van der Waals surface area contributed by atoms with Crippen LogP contribution in [0.5, 0.6) is 0 Å². The van der Waals surface area contributed by atoms with Gasteiger partial charge in [-0.2, -0.15) is 5.10 Å². The Morgan fingerprint density at radius 2 is 2.07 bits per heavy atom. The lowest BCUT2D eigenvalue weighted by Crippen LogP contribution is -2.52. The number of nitrogens with zero attached hydrogens (tertiary/aromatic N) is 3. The van der Waals surface area contributed by atoms with Crippen molar-refractivity contribution >= 4 is 16.1 Å². The van der Waals surface area contributed by atoms with E-state index in [-0.39, 0.29) is 11.4 Å². The summed E-state index contributed by atoms with van der Waals surface area (Å²) < 4.78 is 50.2. The van der Waals surface area contributed by atoms with Crippen LogP contribution in [0.1, 0.15) is 18.1 Å². The molecule has 0 spiro atoms. The summed E-state index contributed by atoms with van der Waals surface area (Å²) in [6, 6.07) is 6.69. The molecular formula is C18H22F2N6O2S. The summed E-state index contributed by atoms with van der Waals surface area (Å²) in [5.74, 6) is -0.842. The number of allylic oxidation sites excluding steroid dienone is 1. The van der Waals surface area contributed by atoms with Gasteiger partial charge in [-0.05, 0) is 18.6 Å². The van der Waals surface area contributed by atoms with E-state index in [1.54, 1.807) is 37.4 Å². The molecule has 1 atom stereocenters. The van der Waals surface area contributed by atoms with Crippen LogP contribution in [0.2, 0.25) is 0 Å². The molecule has 8 nitrogen and oxygen atoms in total. The third-order valence-corrected chi connectivity index (χ3v) is 5.60. The highest BCUT2D eigenvalue weighted by Crippen LogP contribution is 2.22. The predicted molar refractivity (Wildman–Crippen MR) is 105 cm³/mol. The van der Waals surface area contributed by atoms with E-state index in [0.717, 1.165) is 16.5 Å². The molecule has 2 heterocycles. The van der Waals surface area contributed by atoms with Crippen LogP contribution in [-0.2, 0) is 28.7 Å². The predicted octanol–water partition coefficient (Wildman–Crippen LogP) is 1.32. The number of alkyl halides is 2. The molecule has 0 aliphatic carbocycles. The average Bonchev–Trinajstić information content (AvgIpc) is 3.11. The molecular weight excluding hydrogens is 402 g/mol. The molecule has 1 aliphatic rings. The van der Waals surface area contributed by atoms with Gasteiger partial charge in [0, 0.05) is 30.8 Å². The lowest BCUT2D eigenvalue weighted by Gasteiger charge is -2.32. The molecule has 0 bridgehead atoms. The molecule has 1 unspecified atom stereocenters. The first-order valence-electron chi connectivity index (χ1n) is 8.74. The van der Waals surface area contributed by atoms with E-state index in [4.69, 9.17) is 5.73 Å². The Labute approximate surface area is 167 Å². The van der Waals surface area contributed by atoms with E-state index in [0.29, 0.717) is 16.9 Å². The average molecular weight is 424 g/mol. The minimum absolute atomic E-state index is 0.234. The van der Waals surface area contributed by atoms with Crippen molar-refractivity contribution in [2.75, 3.05) is 6.26 Å². The Morgan fingerprint density at radius 1 is 1.34 bits per heavy atom. The summed E-state index contributed by atoms with van der Waals surface area (Å²) in [6.45, 7) is 1.50. The van der Waals surface area contributed by atoms with Gasteiger partial charge in [0.2, 0.25) is 5.79 Å². The molecule has 0 fully saturated rings. The minimum Gasteiger partial charge on any atom is -0.367 e. The van der Waals surface area contributed by atoms with E-state index in [2.05, 4.69) is 20.7 Å². The fourth-order valence-electron chi connectivity index (χ4n) is 2.91. The molecule has 156 valence electrons. The number of aromatic nitrogens is 2. The molecule has 0 saturated heterocycles. The molecule has 4 N–H and O–H groups in total. The minimum atomic E-state index is -3.37. The van der Waals surface area contributed by atoms with Gasteiger partial charge in [0.1, 0.15) is 12.4 Å². The van der Waals surface area contributed by atoms with Crippen LogP contribution in [0.25, 0.3) is 0 Å². The van der Waals surface area contributed by atoms with Crippen molar-refractivity contribution in [3.05, 3.63) is 59.2 Å². The number of halogens is 2. The Hall–Kier alpha value is -2.79. The van der Waals surface area contributed by atoms with Crippen molar-refractivity contribution in [3.63, 3.8) is 0 Å². The van der Waals surface area contributed by atoms with Gasteiger partial charge in [0.25, 0.3) is 6.43 Å². The second-order valence-electron chi connectivity index (χ2n) is 6.78. The number of hydrogen-bond donors (Lipinski definition) is 3. The number of nitrogens with one attached hydrogen (secondary N) is 2. The van der Waals surface area contributed by atoms with Gasteiger partial charge in [-0.3, -0.25) is 10.4 Å². The Balaban J connectivity index is 1.78. The number of rotatable bonds is 7. The Kier molecular flexibility index (Phi) is 5.71. The molecule has 0 saturated carbocycles. The van der Waals surface area contributed by atoms with Crippen LogP contribution < -0.4 is 16.4 Å². The van der Waals surface area contributed by atoms with Crippen LogP contribution in [0.4, 0.5) is 8.78 Å². The highest BCUT2D eigenvalue weighted by molar-refractivity contribution is 7.90. The van der Waals surface area contributed by atoms with Crippen LogP contribution in [0, 0.1) is 0 Å². The standard InChI is InChI=1S/C18H22F2N6O2S/c1-12-7-23-18(21,14-9-24-26(10-14)11-16(19)20)25-17(12)22-8-13-5-3-4-6-15(13)29(2,27)28/h3-7,9-10,16,22,25H,8,11,21H2,1-2H3. The molecule has 3 rings (SSSR count). The first-order valence-corrected chi connectivity index (χ1v) is 10.6. The smallest absolute Gasteiger partial charge is 0.257 e. The highest BCUT2D eigenvalue weighted by atomic mass is 32.2. The number of hydrogen-bond acceptors (Lipinski definition) is 7. The summed E-state index contributed by atoms with van der Waals surface area (Å²) >= 11 is 0. The van der Waals surface area contributed by atoms with E-state index in [1.165, 1.54) is 12.4 Å². The topological polar surface area (TPSA) is 114 Å². The maximum absolute atomic E-state index is 12.6. The third kappa shape index (κ3) is 4.80. The molecule has 1 aromatic carbocycles. The van der Waals surface area contributed by atoms with Gasteiger partial charge in [-0.1, -0.05) is 18.2 Å². The van der Waals surface area contributed by atoms with Crippen LogP contribution in [-0.4, -0.2) is 37.1 Å². The maximum Gasteiger partial charge on any atom is 0.257 e. The number of aliphatic imine (C=N–C) groups is 1. The van der Waals surface area contributed by atoms with Crippen molar-refractivity contribution in [3.8, 4) is 0 Å². The molecule has 1 aromatic heterocycles. The summed E-state index contributed by atoms with van der Waals surface area (Å²) in [5.41, 5.74) is 8.10. The molecule has 29 heavy (non-hydrogen) atoms. The lowest BCUT2D eigenvalue weighted by molar-refractivity contribution is 0.121. The van der Waals surface area contributed by atoms with Crippen LogP contribution in [0.15, 0.2) is 57.9 Å².